The summed E-state index contributed by atoms with van der Waals surface area (Å²) < 4.78 is 20.6. The van der Waals surface area contributed by atoms with Gasteiger partial charge in [-0.1, -0.05) is 43.9 Å². The maximum atomic E-state index is 9.80. The molecule has 1 aliphatic heterocycles. The molecule has 1 fully saturated rings. The summed E-state index contributed by atoms with van der Waals surface area (Å²) in [5, 5.41) is 15.7. The number of aliphatic hydroxyl groups is 1. The molecule has 1 saturated heterocycles. The van der Waals surface area contributed by atoms with E-state index in [2.05, 4.69) is 64.5 Å². The predicted molar refractivity (Wildman–Crippen MR) is 151 cm³/mol. The summed E-state index contributed by atoms with van der Waals surface area (Å²) in [6, 6.07) is 13.0. The van der Waals surface area contributed by atoms with Gasteiger partial charge in [0.05, 0.1) is 34.4 Å². The Bertz CT molecular complexity index is 1420. The Morgan fingerprint density at radius 2 is 1.81 bits per heavy atom. The average molecular weight is 521 g/mol. The fourth-order valence-electron chi connectivity index (χ4n) is 4.46. The van der Waals surface area contributed by atoms with Crippen LogP contribution in [-0.2, 0) is 27.4 Å². The largest absolute Gasteiger partial charge is 0.494 e. The van der Waals surface area contributed by atoms with E-state index in [1.165, 1.54) is 0 Å². The van der Waals surface area contributed by atoms with Crippen molar-refractivity contribution in [3.05, 3.63) is 42.0 Å². The fourth-order valence-corrected chi connectivity index (χ4v) is 5.21. The normalized spacial score (nSPS) is 17.4. The van der Waals surface area contributed by atoms with Crippen LogP contribution in [0.4, 0.5) is 0 Å². The highest BCUT2D eigenvalue weighted by Crippen LogP contribution is 2.37. The minimum absolute atomic E-state index is 0.0756. The number of ether oxygens (including phenoxy) is 1. The van der Waals surface area contributed by atoms with E-state index in [9.17, 15) is 5.11 Å². The first-order chi connectivity index (χ1) is 17.4. The molecule has 1 aliphatic rings. The maximum absolute atomic E-state index is 9.80. The third-order valence-corrected chi connectivity index (χ3v) is 9.20. The lowest BCUT2D eigenvalue weighted by atomic mass is 9.78. The molecule has 2 aromatic carbocycles. The van der Waals surface area contributed by atoms with Crippen LogP contribution in [-0.4, -0.2) is 57.9 Å². The summed E-state index contributed by atoms with van der Waals surface area (Å²) in [4.78, 5) is 8.23. The van der Waals surface area contributed by atoms with Gasteiger partial charge in [0, 0.05) is 25.6 Å². The van der Waals surface area contributed by atoms with Crippen molar-refractivity contribution in [3.63, 3.8) is 0 Å². The van der Waals surface area contributed by atoms with Gasteiger partial charge in [0.25, 0.3) is 0 Å². The van der Waals surface area contributed by atoms with Gasteiger partial charge in [-0.15, -0.1) is 0 Å². The van der Waals surface area contributed by atoms with Gasteiger partial charge in [-0.2, -0.15) is 5.10 Å². The molecule has 2 aromatic heterocycles. The van der Waals surface area contributed by atoms with Crippen molar-refractivity contribution in [1.29, 1.82) is 0 Å². The molecule has 4 aromatic rings. The number of aromatic amines is 1. The number of rotatable bonds is 8. The quantitative estimate of drug-likeness (QED) is 0.259. The molecule has 3 heterocycles. The Morgan fingerprint density at radius 1 is 1.08 bits per heavy atom. The number of benzene rings is 2. The molecule has 0 aliphatic carbocycles. The highest BCUT2D eigenvalue weighted by Gasteiger charge is 2.51. The first-order valence-corrected chi connectivity index (χ1v) is 16.6. The van der Waals surface area contributed by atoms with Crippen molar-refractivity contribution in [3.8, 4) is 11.5 Å². The molecule has 0 amide bonds. The van der Waals surface area contributed by atoms with Crippen LogP contribution < -0.4 is 5.46 Å². The van der Waals surface area contributed by atoms with Crippen LogP contribution >= 0.6 is 0 Å². The van der Waals surface area contributed by atoms with Crippen LogP contribution in [0.15, 0.2) is 36.4 Å². The van der Waals surface area contributed by atoms with Crippen molar-refractivity contribution in [1.82, 2.24) is 19.7 Å². The number of hydrogen-bond donors (Lipinski definition) is 2. The summed E-state index contributed by atoms with van der Waals surface area (Å²) in [6.45, 7) is 16.3. The van der Waals surface area contributed by atoms with Gasteiger partial charge in [-0.3, -0.25) is 0 Å². The fraction of sp³-hybridized carbons (Fsp3) is 0.481. The van der Waals surface area contributed by atoms with Crippen LogP contribution in [0.1, 0.15) is 33.3 Å². The standard InChI is InChI=1S/C27H37BN4O4Si/c1-26(2)27(3,4)36-28(35-26)19-11-12-22-20(15-19)24(31-32(22)17-34-13-14-37(5,6)7)25-29-21-10-8-9-18(16-33)23(21)30-25/h8-12,15,33H,13-14,16-17H2,1-7H3,(H,29,30). The molecule has 2 N–H and O–H groups in total. The maximum Gasteiger partial charge on any atom is 0.494 e. The van der Waals surface area contributed by atoms with E-state index in [1.54, 1.807) is 0 Å². The van der Waals surface area contributed by atoms with Crippen molar-refractivity contribution in [2.75, 3.05) is 6.61 Å². The van der Waals surface area contributed by atoms with E-state index < -0.39 is 26.4 Å². The SMILES string of the molecule is CC1(C)OB(c2ccc3c(c2)c(-c2nc4c(CO)cccc4[nH]2)nn3COCC[Si](C)(C)C)OC1(C)C. The second-order valence-corrected chi connectivity index (χ2v) is 17.7. The van der Waals surface area contributed by atoms with Crippen molar-refractivity contribution < 1.29 is 19.2 Å². The lowest BCUT2D eigenvalue weighted by Crippen LogP contribution is -2.41. The number of imidazole rings is 1. The number of aliphatic hydroxyl groups excluding tert-OH is 1. The van der Waals surface area contributed by atoms with E-state index in [0.717, 1.165) is 44.7 Å². The number of nitrogens with zero attached hydrogens (tertiary/aromatic N) is 3. The van der Waals surface area contributed by atoms with E-state index in [-0.39, 0.29) is 6.61 Å². The predicted octanol–water partition coefficient (Wildman–Crippen LogP) is 4.68. The number of nitrogens with one attached hydrogen (secondary N) is 1. The van der Waals surface area contributed by atoms with Crippen molar-refractivity contribution >= 4 is 42.6 Å². The van der Waals surface area contributed by atoms with Gasteiger partial charge in [0.2, 0.25) is 0 Å². The van der Waals surface area contributed by atoms with Crippen LogP contribution in [0.5, 0.6) is 0 Å². The zero-order valence-electron chi connectivity index (χ0n) is 22.9. The zero-order valence-corrected chi connectivity index (χ0v) is 23.9. The van der Waals surface area contributed by atoms with Crippen LogP contribution in [0.25, 0.3) is 33.5 Å². The summed E-state index contributed by atoms with van der Waals surface area (Å²) >= 11 is 0. The molecular formula is C27H37BN4O4Si. The molecule has 196 valence electrons. The Kier molecular flexibility index (Phi) is 6.61. The Hall–Kier alpha value is -2.50. The third kappa shape index (κ3) is 5.01. The number of aromatic nitrogens is 4. The number of H-pyrrole nitrogens is 1. The molecule has 0 spiro atoms. The highest BCUT2D eigenvalue weighted by molar-refractivity contribution is 6.76. The lowest BCUT2D eigenvalue weighted by Gasteiger charge is -2.32. The minimum atomic E-state index is -1.19. The Morgan fingerprint density at radius 3 is 2.49 bits per heavy atom. The van der Waals surface area contributed by atoms with Crippen LogP contribution in [0, 0.1) is 0 Å². The van der Waals surface area contributed by atoms with E-state index >= 15 is 0 Å². The molecule has 0 radical (unpaired) electrons. The molecule has 0 atom stereocenters. The van der Waals surface area contributed by atoms with Crippen molar-refractivity contribution in [2.45, 2.75) is 77.9 Å². The number of fused-ring (bicyclic) bond motifs is 2. The highest BCUT2D eigenvalue weighted by atomic mass is 28.3. The van der Waals surface area contributed by atoms with Crippen LogP contribution in [0.3, 0.4) is 0 Å². The second-order valence-electron chi connectivity index (χ2n) is 12.1. The topological polar surface area (TPSA) is 94.4 Å². The van der Waals surface area contributed by atoms with Gasteiger partial charge in [0.15, 0.2) is 5.82 Å². The molecule has 0 unspecified atom stereocenters. The summed E-state index contributed by atoms with van der Waals surface area (Å²) in [7, 11) is -1.67. The van der Waals surface area contributed by atoms with Gasteiger partial charge in [-0.25, -0.2) is 9.67 Å². The monoisotopic (exact) mass is 520 g/mol. The molecule has 8 nitrogen and oxygen atoms in total. The van der Waals surface area contributed by atoms with Gasteiger partial charge in [-0.05, 0) is 51.3 Å². The molecule has 10 heteroatoms. The van der Waals surface area contributed by atoms with Gasteiger partial charge >= 0.3 is 7.12 Å². The molecule has 0 saturated carbocycles. The van der Waals surface area contributed by atoms with Crippen LogP contribution in [0.2, 0.25) is 25.7 Å². The molecule has 37 heavy (non-hydrogen) atoms. The molecule has 5 rings (SSSR count). The van der Waals surface area contributed by atoms with Crippen molar-refractivity contribution in [2.24, 2.45) is 0 Å². The van der Waals surface area contributed by atoms with E-state index in [1.807, 2.05) is 28.9 Å². The summed E-state index contributed by atoms with van der Waals surface area (Å²) in [5.41, 5.74) is 4.13. The molecular weight excluding hydrogens is 483 g/mol. The summed E-state index contributed by atoms with van der Waals surface area (Å²) in [6.07, 6.45) is 0. The lowest BCUT2D eigenvalue weighted by molar-refractivity contribution is 0.00578. The average Bonchev–Trinajstić information content (AvgIpc) is 3.47. The minimum Gasteiger partial charge on any atom is -0.399 e. The number of para-hydroxylation sites is 1. The first kappa shape index (κ1) is 26.1. The zero-order chi connectivity index (χ0) is 26.6. The first-order valence-electron chi connectivity index (χ1n) is 12.9. The molecule has 0 bridgehead atoms. The van der Waals surface area contributed by atoms with E-state index in [4.69, 9.17) is 24.1 Å². The third-order valence-electron chi connectivity index (χ3n) is 7.50. The smallest absolute Gasteiger partial charge is 0.399 e. The second kappa shape index (κ2) is 9.36. The van der Waals surface area contributed by atoms with E-state index in [0.29, 0.717) is 19.2 Å². The summed E-state index contributed by atoms with van der Waals surface area (Å²) in [5.74, 6) is 0.646. The van der Waals surface area contributed by atoms with Gasteiger partial charge in [0.1, 0.15) is 12.4 Å². The number of hydrogen-bond acceptors (Lipinski definition) is 6. The Balaban J connectivity index is 1.56. The van der Waals surface area contributed by atoms with Gasteiger partial charge < -0.3 is 24.1 Å². The Labute approximate surface area is 219 Å².